The van der Waals surface area contributed by atoms with Gasteiger partial charge >= 0.3 is 0 Å². The molecule has 0 radical (unpaired) electrons. The lowest BCUT2D eigenvalue weighted by molar-refractivity contribution is -0.148. The standard InChI is InChI=1S/C22H28F2N2O2/c1-12(2)19(20(27)25-18-8-16(23)3-4-17(18)24)26-21(28)22-9-13-5-14(10-22)7-15(6-13)11-22/h3-4,8,12-15,19H,5-7,9-11H2,1-2H3,(H,25,27)(H,26,28). The molecule has 0 heterocycles. The maximum atomic E-state index is 13.9. The van der Waals surface area contributed by atoms with Crippen molar-refractivity contribution >= 4 is 17.5 Å². The van der Waals surface area contributed by atoms with Crippen LogP contribution in [0.1, 0.15) is 52.4 Å². The third-order valence-corrected chi connectivity index (χ3v) is 6.94. The fraction of sp³-hybridized carbons (Fsp3) is 0.636. The summed E-state index contributed by atoms with van der Waals surface area (Å²) in [4.78, 5) is 26.0. The molecule has 0 saturated heterocycles. The second-order valence-corrected chi connectivity index (χ2v) is 9.51. The largest absolute Gasteiger partial charge is 0.344 e. The van der Waals surface area contributed by atoms with Gasteiger partial charge in [-0.25, -0.2) is 8.78 Å². The number of amides is 2. The van der Waals surface area contributed by atoms with Crippen molar-refractivity contribution < 1.29 is 18.4 Å². The first-order valence-electron chi connectivity index (χ1n) is 10.3. The lowest BCUT2D eigenvalue weighted by Gasteiger charge is -2.55. The Morgan fingerprint density at radius 1 is 1.04 bits per heavy atom. The lowest BCUT2D eigenvalue weighted by atomic mass is 9.49. The zero-order valence-electron chi connectivity index (χ0n) is 16.4. The number of anilines is 1. The van der Waals surface area contributed by atoms with Gasteiger partial charge in [0.1, 0.15) is 17.7 Å². The first-order chi connectivity index (χ1) is 13.3. The van der Waals surface area contributed by atoms with Gasteiger partial charge in [-0.05, 0) is 74.3 Å². The van der Waals surface area contributed by atoms with Gasteiger partial charge in [-0.3, -0.25) is 9.59 Å². The predicted octanol–water partition coefficient (Wildman–Crippen LogP) is 4.26. The summed E-state index contributed by atoms with van der Waals surface area (Å²) in [6, 6.07) is 2.14. The minimum atomic E-state index is -0.789. The smallest absolute Gasteiger partial charge is 0.247 e. The average Bonchev–Trinajstić information content (AvgIpc) is 2.61. The van der Waals surface area contributed by atoms with Gasteiger partial charge in [-0.2, -0.15) is 0 Å². The first-order valence-corrected chi connectivity index (χ1v) is 10.3. The van der Waals surface area contributed by atoms with Crippen LogP contribution in [0, 0.1) is 40.7 Å². The molecule has 0 spiro atoms. The van der Waals surface area contributed by atoms with Gasteiger partial charge in [0.25, 0.3) is 0 Å². The Hall–Kier alpha value is -1.98. The number of carbonyl (C=O) groups is 2. The molecule has 0 aromatic heterocycles. The normalized spacial score (nSPS) is 31.7. The molecule has 1 unspecified atom stereocenters. The first kappa shape index (κ1) is 19.3. The molecular weight excluding hydrogens is 362 g/mol. The molecule has 4 aliphatic carbocycles. The van der Waals surface area contributed by atoms with Crippen molar-refractivity contribution in [3.05, 3.63) is 29.8 Å². The summed E-state index contributed by atoms with van der Waals surface area (Å²) in [7, 11) is 0. The summed E-state index contributed by atoms with van der Waals surface area (Å²) in [5, 5.41) is 5.40. The zero-order valence-corrected chi connectivity index (χ0v) is 16.4. The average molecular weight is 390 g/mol. The van der Waals surface area contributed by atoms with E-state index < -0.39 is 23.6 Å². The quantitative estimate of drug-likeness (QED) is 0.789. The Balaban J connectivity index is 1.48. The minimum Gasteiger partial charge on any atom is -0.344 e. The van der Waals surface area contributed by atoms with Gasteiger partial charge in [0.05, 0.1) is 5.69 Å². The minimum absolute atomic E-state index is 0.0415. The Bertz CT molecular complexity index is 757. The number of hydrogen-bond acceptors (Lipinski definition) is 2. The Morgan fingerprint density at radius 3 is 2.14 bits per heavy atom. The molecule has 1 aromatic rings. The molecule has 6 heteroatoms. The molecule has 1 atom stereocenters. The van der Waals surface area contributed by atoms with E-state index in [-0.39, 0.29) is 22.9 Å². The molecule has 4 saturated carbocycles. The van der Waals surface area contributed by atoms with Crippen molar-refractivity contribution in [2.75, 3.05) is 5.32 Å². The van der Waals surface area contributed by atoms with Crippen molar-refractivity contribution in [1.82, 2.24) is 5.32 Å². The van der Waals surface area contributed by atoms with E-state index in [9.17, 15) is 18.4 Å². The number of rotatable bonds is 5. The van der Waals surface area contributed by atoms with Crippen LogP contribution in [-0.4, -0.2) is 17.9 Å². The molecule has 4 nitrogen and oxygen atoms in total. The highest BCUT2D eigenvalue weighted by Crippen LogP contribution is 2.60. The van der Waals surface area contributed by atoms with E-state index >= 15 is 0 Å². The van der Waals surface area contributed by atoms with Crippen molar-refractivity contribution in [3.63, 3.8) is 0 Å². The number of benzene rings is 1. The molecule has 5 rings (SSSR count). The summed E-state index contributed by atoms with van der Waals surface area (Å²) < 4.78 is 27.3. The van der Waals surface area contributed by atoms with Crippen LogP contribution in [0.3, 0.4) is 0 Å². The number of nitrogens with one attached hydrogen (secondary N) is 2. The summed E-state index contributed by atoms with van der Waals surface area (Å²) >= 11 is 0. The summed E-state index contributed by atoms with van der Waals surface area (Å²) in [5.74, 6) is -0.175. The van der Waals surface area contributed by atoms with E-state index in [0.717, 1.165) is 37.5 Å². The van der Waals surface area contributed by atoms with E-state index in [2.05, 4.69) is 10.6 Å². The number of halogens is 2. The maximum Gasteiger partial charge on any atom is 0.247 e. The molecule has 28 heavy (non-hydrogen) atoms. The van der Waals surface area contributed by atoms with Crippen LogP contribution >= 0.6 is 0 Å². The van der Waals surface area contributed by atoms with Crippen LogP contribution in [-0.2, 0) is 9.59 Å². The van der Waals surface area contributed by atoms with Gasteiger partial charge in [0.15, 0.2) is 0 Å². The second kappa shape index (κ2) is 7.12. The highest BCUT2D eigenvalue weighted by Gasteiger charge is 2.55. The van der Waals surface area contributed by atoms with Crippen LogP contribution in [0.5, 0.6) is 0 Å². The monoisotopic (exact) mass is 390 g/mol. The molecule has 2 N–H and O–H groups in total. The van der Waals surface area contributed by atoms with Crippen molar-refractivity contribution in [3.8, 4) is 0 Å². The van der Waals surface area contributed by atoms with E-state index in [1.807, 2.05) is 13.8 Å². The third kappa shape index (κ3) is 3.53. The van der Waals surface area contributed by atoms with Crippen LogP contribution < -0.4 is 10.6 Å². The molecular formula is C22H28F2N2O2. The molecule has 0 aliphatic heterocycles. The SMILES string of the molecule is CC(C)C(NC(=O)C12CC3CC(CC(C3)C1)C2)C(=O)Nc1cc(F)ccc1F. The summed E-state index contributed by atoms with van der Waals surface area (Å²) in [6.07, 6.45) is 6.44. The summed E-state index contributed by atoms with van der Waals surface area (Å²) in [5.41, 5.74) is -0.563. The maximum absolute atomic E-state index is 13.9. The van der Waals surface area contributed by atoms with Gasteiger partial charge in [0, 0.05) is 11.5 Å². The second-order valence-electron chi connectivity index (χ2n) is 9.51. The van der Waals surface area contributed by atoms with Crippen LogP contribution in [0.2, 0.25) is 0 Å². The predicted molar refractivity (Wildman–Crippen MR) is 102 cm³/mol. The molecule has 2 amide bonds. The van der Waals surface area contributed by atoms with Crippen molar-refractivity contribution in [2.45, 2.75) is 58.4 Å². The third-order valence-electron chi connectivity index (χ3n) is 6.94. The molecule has 1 aromatic carbocycles. The van der Waals surface area contributed by atoms with E-state index in [1.165, 1.54) is 19.3 Å². The van der Waals surface area contributed by atoms with Crippen molar-refractivity contribution in [1.29, 1.82) is 0 Å². The van der Waals surface area contributed by atoms with Crippen molar-refractivity contribution in [2.24, 2.45) is 29.1 Å². The summed E-state index contributed by atoms with van der Waals surface area (Å²) in [6.45, 7) is 3.68. The molecule has 4 bridgehead atoms. The lowest BCUT2D eigenvalue weighted by Crippen LogP contribution is -2.57. The Labute approximate surface area is 164 Å². The van der Waals surface area contributed by atoms with Gasteiger partial charge in [-0.15, -0.1) is 0 Å². The number of carbonyl (C=O) groups excluding carboxylic acids is 2. The van der Waals surface area contributed by atoms with Gasteiger partial charge in [-0.1, -0.05) is 13.8 Å². The number of hydrogen-bond donors (Lipinski definition) is 2. The van der Waals surface area contributed by atoms with E-state index in [0.29, 0.717) is 17.8 Å². The van der Waals surface area contributed by atoms with Gasteiger partial charge < -0.3 is 10.6 Å². The highest BCUT2D eigenvalue weighted by atomic mass is 19.1. The Kier molecular flexibility index (Phi) is 4.92. The molecule has 152 valence electrons. The molecule has 4 fully saturated rings. The van der Waals surface area contributed by atoms with Gasteiger partial charge in [0.2, 0.25) is 11.8 Å². The van der Waals surface area contributed by atoms with E-state index in [1.54, 1.807) is 0 Å². The van der Waals surface area contributed by atoms with Crippen LogP contribution in [0.4, 0.5) is 14.5 Å². The Morgan fingerprint density at radius 2 is 1.61 bits per heavy atom. The fourth-order valence-corrected chi connectivity index (χ4v) is 6.02. The zero-order chi connectivity index (χ0) is 20.1. The van der Waals surface area contributed by atoms with Crippen LogP contribution in [0.25, 0.3) is 0 Å². The van der Waals surface area contributed by atoms with Crippen LogP contribution in [0.15, 0.2) is 18.2 Å². The topological polar surface area (TPSA) is 58.2 Å². The van der Waals surface area contributed by atoms with E-state index in [4.69, 9.17) is 0 Å². The molecule has 4 aliphatic rings. The highest BCUT2D eigenvalue weighted by molar-refractivity contribution is 5.98. The fourth-order valence-electron chi connectivity index (χ4n) is 6.02.